The molecule has 6 nitrogen and oxygen atoms in total. The van der Waals surface area contributed by atoms with Crippen LogP contribution in [-0.4, -0.2) is 32.7 Å². The van der Waals surface area contributed by atoms with Gasteiger partial charge >= 0.3 is 0 Å². The molecule has 0 radical (unpaired) electrons. The Labute approximate surface area is 163 Å². The van der Waals surface area contributed by atoms with Crippen molar-refractivity contribution in [1.29, 1.82) is 0 Å². The smallest absolute Gasteiger partial charge is 0.251 e. The quantitative estimate of drug-likeness (QED) is 0.582. The van der Waals surface area contributed by atoms with Crippen molar-refractivity contribution in [2.75, 3.05) is 0 Å². The molecule has 2 rings (SSSR count). The van der Waals surface area contributed by atoms with Crippen LogP contribution in [-0.2, 0) is 0 Å². The zero-order valence-electron chi connectivity index (χ0n) is 16.7. The van der Waals surface area contributed by atoms with Crippen LogP contribution in [0.15, 0.2) is 5.03 Å². The number of H-pyrrole nitrogens is 1. The van der Waals surface area contributed by atoms with Gasteiger partial charge in [-0.1, -0.05) is 11.8 Å². The zero-order valence-corrected chi connectivity index (χ0v) is 17.6. The average Bonchev–Trinajstić information content (AvgIpc) is 2.86. The number of amides is 1. The highest BCUT2D eigenvalue weighted by Gasteiger charge is 2.27. The predicted molar refractivity (Wildman–Crippen MR) is 107 cm³/mol. The second kappa shape index (κ2) is 7.68. The van der Waals surface area contributed by atoms with Gasteiger partial charge in [-0.25, -0.2) is 4.98 Å². The molecule has 1 atom stereocenters. The number of primary amides is 1. The third-order valence-corrected chi connectivity index (χ3v) is 5.99. The first-order valence-corrected chi connectivity index (χ1v) is 9.53. The molecule has 7 heteroatoms. The van der Waals surface area contributed by atoms with Crippen molar-refractivity contribution < 1.29 is 14.4 Å². The Morgan fingerprint density at radius 2 is 1.59 bits per heavy atom. The molecule has 0 fully saturated rings. The molecule has 3 N–H and O–H groups in total. The lowest BCUT2D eigenvalue weighted by molar-refractivity contribution is 0.0981. The summed E-state index contributed by atoms with van der Waals surface area (Å²) in [6.07, 6.45) is 0. The molecule has 2 aromatic heterocycles. The number of carbonyl (C=O) groups is 3. The lowest BCUT2D eigenvalue weighted by Gasteiger charge is -2.16. The fourth-order valence-corrected chi connectivity index (χ4v) is 4.36. The van der Waals surface area contributed by atoms with Gasteiger partial charge in [-0.2, -0.15) is 0 Å². The first kappa shape index (κ1) is 20.9. The normalized spacial score (nSPS) is 12.1. The first-order chi connectivity index (χ1) is 12.5. The highest BCUT2D eigenvalue weighted by atomic mass is 32.2. The molecule has 1 amide bonds. The van der Waals surface area contributed by atoms with E-state index in [1.165, 1.54) is 18.7 Å². The van der Waals surface area contributed by atoms with Crippen molar-refractivity contribution in [1.82, 2.24) is 9.97 Å². The lowest BCUT2D eigenvalue weighted by Crippen LogP contribution is -2.20. The number of nitrogens with one attached hydrogen (secondary N) is 1. The van der Waals surface area contributed by atoms with Gasteiger partial charge in [0.2, 0.25) is 0 Å². The molecule has 2 heterocycles. The average molecular weight is 388 g/mol. The molecule has 144 valence electrons. The molecule has 0 aliphatic heterocycles. The first-order valence-electron chi connectivity index (χ1n) is 8.65. The van der Waals surface area contributed by atoms with Gasteiger partial charge in [-0.3, -0.25) is 14.4 Å². The SMILES string of the molecule is CC(=O)c1c(C)[nH]c(C(=O)C(C)Sc2nc(C)c(C)c(C)c2C(N)=O)c1C. The number of hydrogen-bond donors (Lipinski definition) is 2. The fraction of sp³-hybridized carbons (Fsp3) is 0.400. The van der Waals surface area contributed by atoms with E-state index in [4.69, 9.17) is 5.73 Å². The van der Waals surface area contributed by atoms with Crippen molar-refractivity contribution in [3.63, 3.8) is 0 Å². The molecule has 0 bridgehead atoms. The number of thioether (sulfide) groups is 1. The number of pyridine rings is 1. The summed E-state index contributed by atoms with van der Waals surface area (Å²) < 4.78 is 0. The number of nitrogens with zero attached hydrogens (tertiary/aromatic N) is 1. The Balaban J connectivity index is 2.43. The largest absolute Gasteiger partial charge is 0.366 e. The van der Waals surface area contributed by atoms with Gasteiger partial charge in [-0.05, 0) is 65.2 Å². The van der Waals surface area contributed by atoms with Gasteiger partial charge in [0, 0.05) is 17.0 Å². The number of ketones is 2. The molecule has 27 heavy (non-hydrogen) atoms. The van der Waals surface area contributed by atoms with Crippen molar-refractivity contribution >= 4 is 29.2 Å². The third-order valence-electron chi connectivity index (χ3n) is 4.90. The van der Waals surface area contributed by atoms with E-state index in [-0.39, 0.29) is 11.6 Å². The zero-order chi connectivity index (χ0) is 20.6. The Morgan fingerprint density at radius 3 is 2.07 bits per heavy atom. The summed E-state index contributed by atoms with van der Waals surface area (Å²) in [6.45, 7) is 12.4. The molecule has 0 saturated carbocycles. The predicted octanol–water partition coefficient (Wildman–Crippen LogP) is 3.62. The number of carbonyl (C=O) groups excluding carboxylic acids is 3. The Hall–Kier alpha value is -2.41. The van der Waals surface area contributed by atoms with Crippen molar-refractivity contribution in [3.05, 3.63) is 44.9 Å². The van der Waals surface area contributed by atoms with Crippen LogP contribution in [0.1, 0.15) is 73.1 Å². The minimum absolute atomic E-state index is 0.0805. The van der Waals surface area contributed by atoms with Crippen molar-refractivity contribution in [2.45, 2.75) is 58.7 Å². The maximum Gasteiger partial charge on any atom is 0.251 e. The van der Waals surface area contributed by atoms with Crippen LogP contribution in [0.5, 0.6) is 0 Å². The third kappa shape index (κ3) is 3.83. The second-order valence-corrected chi connectivity index (χ2v) is 8.13. The summed E-state index contributed by atoms with van der Waals surface area (Å²) in [4.78, 5) is 44.2. The maximum absolute atomic E-state index is 13.0. The minimum Gasteiger partial charge on any atom is -0.366 e. The highest BCUT2D eigenvalue weighted by molar-refractivity contribution is 8.00. The summed E-state index contributed by atoms with van der Waals surface area (Å²) in [5.74, 6) is -0.791. The van der Waals surface area contributed by atoms with Crippen LogP contribution in [0.25, 0.3) is 0 Å². The van der Waals surface area contributed by atoms with E-state index in [2.05, 4.69) is 9.97 Å². The van der Waals surface area contributed by atoms with E-state index in [1.54, 1.807) is 20.8 Å². The fourth-order valence-electron chi connectivity index (χ4n) is 3.24. The van der Waals surface area contributed by atoms with Crippen molar-refractivity contribution in [3.8, 4) is 0 Å². The van der Waals surface area contributed by atoms with Gasteiger partial charge in [0.15, 0.2) is 11.6 Å². The summed E-state index contributed by atoms with van der Waals surface area (Å²) in [5.41, 5.74) is 10.7. The molecule has 2 aromatic rings. The number of aryl methyl sites for hydroxylation is 2. The standard InChI is InChI=1S/C20H25N3O3S/c1-8-9(2)16(19(21)26)20(23-11(8)4)27-14(7)18(25)17-10(3)15(13(6)24)12(5)22-17/h14,22H,1-7H3,(H2,21,26). The van der Waals surface area contributed by atoms with Crippen molar-refractivity contribution in [2.24, 2.45) is 5.73 Å². The molecular weight excluding hydrogens is 362 g/mol. The number of hydrogen-bond acceptors (Lipinski definition) is 5. The number of nitrogens with two attached hydrogens (primary N) is 1. The molecule has 0 aliphatic rings. The molecule has 0 spiro atoms. The van der Waals surface area contributed by atoms with Crippen LogP contribution >= 0.6 is 11.8 Å². The summed E-state index contributed by atoms with van der Waals surface area (Å²) in [6, 6.07) is 0. The maximum atomic E-state index is 13.0. The van der Waals surface area contributed by atoms with Gasteiger partial charge in [-0.15, -0.1) is 0 Å². The molecular formula is C20H25N3O3S. The number of aromatic amines is 1. The van der Waals surface area contributed by atoms with Crippen LogP contribution in [0.2, 0.25) is 0 Å². The topological polar surface area (TPSA) is 106 Å². The Morgan fingerprint density at radius 1 is 1.00 bits per heavy atom. The van der Waals surface area contributed by atoms with E-state index in [9.17, 15) is 14.4 Å². The number of Topliss-reactive ketones (excluding diaryl/α,β-unsaturated/α-hetero) is 2. The summed E-state index contributed by atoms with van der Waals surface area (Å²) in [7, 11) is 0. The van der Waals surface area contributed by atoms with Crippen LogP contribution in [0.4, 0.5) is 0 Å². The molecule has 0 aromatic carbocycles. The monoisotopic (exact) mass is 387 g/mol. The molecule has 0 aliphatic carbocycles. The van der Waals surface area contributed by atoms with Gasteiger partial charge in [0.05, 0.1) is 16.5 Å². The van der Waals surface area contributed by atoms with Crippen LogP contribution in [0.3, 0.4) is 0 Å². The van der Waals surface area contributed by atoms with E-state index in [0.717, 1.165) is 16.8 Å². The molecule has 0 saturated heterocycles. The summed E-state index contributed by atoms with van der Waals surface area (Å²) in [5, 5.41) is -0.0506. The van der Waals surface area contributed by atoms with Gasteiger partial charge < -0.3 is 10.7 Å². The Bertz CT molecular complexity index is 960. The summed E-state index contributed by atoms with van der Waals surface area (Å²) >= 11 is 1.20. The van der Waals surface area contributed by atoms with E-state index < -0.39 is 11.2 Å². The van der Waals surface area contributed by atoms with Crippen LogP contribution < -0.4 is 5.73 Å². The van der Waals surface area contributed by atoms with Gasteiger partial charge in [0.1, 0.15) is 5.03 Å². The molecule has 1 unspecified atom stereocenters. The van der Waals surface area contributed by atoms with Gasteiger partial charge in [0.25, 0.3) is 5.91 Å². The minimum atomic E-state index is -0.559. The number of rotatable bonds is 6. The van der Waals surface area contributed by atoms with Crippen LogP contribution in [0, 0.1) is 34.6 Å². The Kier molecular flexibility index (Phi) is 5.94. The van der Waals surface area contributed by atoms with E-state index in [0.29, 0.717) is 33.1 Å². The number of aromatic nitrogens is 2. The lowest BCUT2D eigenvalue weighted by atomic mass is 10.0. The highest BCUT2D eigenvalue weighted by Crippen LogP contribution is 2.32. The van der Waals surface area contributed by atoms with E-state index >= 15 is 0 Å². The van der Waals surface area contributed by atoms with E-state index in [1.807, 2.05) is 20.8 Å². The second-order valence-electron chi connectivity index (χ2n) is 6.80.